The van der Waals surface area contributed by atoms with Gasteiger partial charge in [0, 0.05) is 13.6 Å². The number of nitrogens with one attached hydrogen (secondary N) is 2. The molecular weight excluding hydrogens is 332 g/mol. The predicted molar refractivity (Wildman–Crippen MR) is 86.9 cm³/mol. The fourth-order valence-electron chi connectivity index (χ4n) is 2.11. The molecule has 1 aromatic heterocycles. The van der Waals surface area contributed by atoms with Crippen molar-refractivity contribution in [2.45, 2.75) is 17.1 Å². The van der Waals surface area contributed by atoms with E-state index in [1.54, 1.807) is 18.2 Å². The normalized spacial score (nSPS) is 12.4. The molecule has 0 aliphatic carbocycles. The third kappa shape index (κ3) is 3.83. The van der Waals surface area contributed by atoms with Gasteiger partial charge in [-0.3, -0.25) is 9.59 Å². The number of amides is 2. The van der Waals surface area contributed by atoms with Crippen LogP contribution in [0.5, 0.6) is 0 Å². The van der Waals surface area contributed by atoms with E-state index < -0.39 is 26.9 Å². The Balaban J connectivity index is 2.31. The third-order valence-electron chi connectivity index (χ3n) is 3.47. The molecule has 1 atom stereocenters. The summed E-state index contributed by atoms with van der Waals surface area (Å²) in [5, 5.41) is 3.36. The fourth-order valence-corrected chi connectivity index (χ4v) is 3.70. The highest BCUT2D eigenvalue weighted by atomic mass is 32.2. The van der Waals surface area contributed by atoms with Crippen molar-refractivity contribution in [1.82, 2.24) is 10.6 Å². The minimum absolute atomic E-state index is 0.115. The third-order valence-corrected chi connectivity index (χ3v) is 5.54. The SMILES string of the molecule is CNC(=O)C(=O)NC[C@H](c1ccco1)S(=O)(=O)c1ccc(C)cc1. The van der Waals surface area contributed by atoms with Crippen LogP contribution in [0.4, 0.5) is 0 Å². The maximum absolute atomic E-state index is 12.9. The standard InChI is InChI=1S/C16H18N2O5S/c1-11-5-7-12(8-6-11)24(21,22)14(13-4-3-9-23-13)10-18-16(20)15(19)17-2/h3-9,14H,10H2,1-2H3,(H,17,19)(H,18,20)/t14-/m1/s1. The zero-order chi connectivity index (χ0) is 17.7. The summed E-state index contributed by atoms with van der Waals surface area (Å²) < 4.78 is 31.0. The van der Waals surface area contributed by atoms with Crippen LogP contribution in [0.1, 0.15) is 16.6 Å². The van der Waals surface area contributed by atoms with Crippen molar-refractivity contribution in [3.8, 4) is 0 Å². The zero-order valence-corrected chi connectivity index (χ0v) is 14.1. The van der Waals surface area contributed by atoms with Crippen LogP contribution in [0.3, 0.4) is 0 Å². The molecule has 2 N–H and O–H groups in total. The van der Waals surface area contributed by atoms with Gasteiger partial charge in [0.2, 0.25) is 0 Å². The molecule has 8 heteroatoms. The average molecular weight is 350 g/mol. The van der Waals surface area contributed by atoms with Gasteiger partial charge in [-0.1, -0.05) is 17.7 Å². The second-order valence-corrected chi connectivity index (χ2v) is 7.28. The lowest BCUT2D eigenvalue weighted by Crippen LogP contribution is -2.40. The molecule has 1 aromatic carbocycles. The van der Waals surface area contributed by atoms with E-state index in [1.165, 1.54) is 31.5 Å². The van der Waals surface area contributed by atoms with Crippen LogP contribution in [0.15, 0.2) is 52.0 Å². The number of aryl methyl sites for hydroxylation is 1. The number of hydrogen-bond donors (Lipinski definition) is 2. The smallest absolute Gasteiger partial charge is 0.309 e. The number of carbonyl (C=O) groups is 2. The van der Waals surface area contributed by atoms with Gasteiger partial charge < -0.3 is 15.1 Å². The van der Waals surface area contributed by atoms with Crippen LogP contribution in [0, 0.1) is 6.92 Å². The Hall–Kier alpha value is -2.61. The quantitative estimate of drug-likeness (QED) is 0.782. The van der Waals surface area contributed by atoms with E-state index in [9.17, 15) is 18.0 Å². The van der Waals surface area contributed by atoms with Gasteiger partial charge in [-0.05, 0) is 31.2 Å². The summed E-state index contributed by atoms with van der Waals surface area (Å²) in [5.41, 5.74) is 0.927. The first kappa shape index (κ1) is 17.7. The Morgan fingerprint density at radius 3 is 2.33 bits per heavy atom. The molecule has 0 spiro atoms. The van der Waals surface area contributed by atoms with Crippen LogP contribution in [0.2, 0.25) is 0 Å². The Morgan fingerprint density at radius 1 is 1.12 bits per heavy atom. The molecule has 2 amide bonds. The van der Waals surface area contributed by atoms with E-state index in [-0.39, 0.29) is 17.2 Å². The molecule has 0 aliphatic heterocycles. The lowest BCUT2D eigenvalue weighted by Gasteiger charge is -2.16. The van der Waals surface area contributed by atoms with Crippen molar-refractivity contribution in [2.24, 2.45) is 0 Å². The number of sulfone groups is 1. The van der Waals surface area contributed by atoms with Crippen LogP contribution in [0.25, 0.3) is 0 Å². The minimum atomic E-state index is -3.81. The minimum Gasteiger partial charge on any atom is -0.468 e. The molecule has 0 fully saturated rings. The molecule has 0 bridgehead atoms. The van der Waals surface area contributed by atoms with E-state index in [0.717, 1.165) is 5.56 Å². The van der Waals surface area contributed by atoms with E-state index in [4.69, 9.17) is 4.42 Å². The van der Waals surface area contributed by atoms with Crippen LogP contribution >= 0.6 is 0 Å². The Kier molecular flexibility index (Phi) is 5.40. The van der Waals surface area contributed by atoms with Gasteiger partial charge in [-0.25, -0.2) is 8.42 Å². The first-order chi connectivity index (χ1) is 11.4. The highest BCUT2D eigenvalue weighted by Crippen LogP contribution is 2.29. The molecule has 2 aromatic rings. The zero-order valence-electron chi connectivity index (χ0n) is 13.3. The maximum atomic E-state index is 12.9. The lowest BCUT2D eigenvalue weighted by atomic mass is 10.2. The molecule has 1 heterocycles. The molecule has 24 heavy (non-hydrogen) atoms. The Labute approximate surface area is 140 Å². The lowest BCUT2D eigenvalue weighted by molar-refractivity contribution is -0.138. The highest BCUT2D eigenvalue weighted by molar-refractivity contribution is 7.91. The average Bonchev–Trinajstić information content (AvgIpc) is 3.08. The summed E-state index contributed by atoms with van der Waals surface area (Å²) in [6.45, 7) is 1.57. The van der Waals surface area contributed by atoms with Gasteiger partial charge in [-0.15, -0.1) is 0 Å². The van der Waals surface area contributed by atoms with Crippen molar-refractivity contribution in [1.29, 1.82) is 0 Å². The van der Waals surface area contributed by atoms with Crippen LogP contribution in [-0.4, -0.2) is 33.8 Å². The van der Waals surface area contributed by atoms with Gasteiger partial charge in [0.15, 0.2) is 9.84 Å². The summed E-state index contributed by atoms with van der Waals surface area (Å²) >= 11 is 0. The molecule has 0 aliphatic rings. The molecule has 0 saturated heterocycles. The summed E-state index contributed by atoms with van der Waals surface area (Å²) in [6, 6.07) is 9.46. The fraction of sp³-hybridized carbons (Fsp3) is 0.250. The van der Waals surface area contributed by atoms with Gasteiger partial charge in [0.05, 0.1) is 11.2 Å². The van der Waals surface area contributed by atoms with Crippen molar-refractivity contribution < 1.29 is 22.4 Å². The van der Waals surface area contributed by atoms with E-state index >= 15 is 0 Å². The highest BCUT2D eigenvalue weighted by Gasteiger charge is 2.32. The summed E-state index contributed by atoms with van der Waals surface area (Å²) in [5.74, 6) is -1.57. The molecule has 7 nitrogen and oxygen atoms in total. The van der Waals surface area contributed by atoms with Crippen molar-refractivity contribution in [3.63, 3.8) is 0 Å². The molecule has 2 rings (SSSR count). The Bertz CT molecular complexity index is 811. The molecule has 0 radical (unpaired) electrons. The molecule has 128 valence electrons. The van der Waals surface area contributed by atoms with Gasteiger partial charge in [0.1, 0.15) is 11.0 Å². The van der Waals surface area contributed by atoms with Crippen molar-refractivity contribution in [3.05, 3.63) is 54.0 Å². The van der Waals surface area contributed by atoms with Crippen molar-refractivity contribution in [2.75, 3.05) is 13.6 Å². The topological polar surface area (TPSA) is 105 Å². The van der Waals surface area contributed by atoms with E-state index in [1.807, 2.05) is 6.92 Å². The van der Waals surface area contributed by atoms with E-state index in [0.29, 0.717) is 0 Å². The monoisotopic (exact) mass is 350 g/mol. The number of benzene rings is 1. The number of hydrogen-bond acceptors (Lipinski definition) is 5. The van der Waals surface area contributed by atoms with Gasteiger partial charge in [-0.2, -0.15) is 0 Å². The first-order valence-corrected chi connectivity index (χ1v) is 8.74. The molecular formula is C16H18N2O5S. The first-order valence-electron chi connectivity index (χ1n) is 7.20. The molecule has 0 unspecified atom stereocenters. The van der Waals surface area contributed by atoms with E-state index in [2.05, 4.69) is 10.6 Å². The van der Waals surface area contributed by atoms with Crippen LogP contribution < -0.4 is 10.6 Å². The summed E-state index contributed by atoms with van der Waals surface area (Å²) in [4.78, 5) is 23.0. The summed E-state index contributed by atoms with van der Waals surface area (Å²) in [6.07, 6.45) is 1.35. The number of furan rings is 1. The number of likely N-dealkylation sites (N-methyl/N-ethyl adjacent to an activating group) is 1. The number of carbonyl (C=O) groups excluding carboxylic acids is 2. The predicted octanol–water partition coefficient (Wildman–Crippen LogP) is 0.965. The van der Waals surface area contributed by atoms with Gasteiger partial charge in [0.25, 0.3) is 0 Å². The van der Waals surface area contributed by atoms with Gasteiger partial charge >= 0.3 is 11.8 Å². The summed E-state index contributed by atoms with van der Waals surface area (Å²) in [7, 11) is -2.49. The maximum Gasteiger partial charge on any atom is 0.309 e. The second-order valence-electron chi connectivity index (χ2n) is 5.15. The van der Waals surface area contributed by atoms with Crippen LogP contribution in [-0.2, 0) is 19.4 Å². The molecule has 0 saturated carbocycles. The van der Waals surface area contributed by atoms with Crippen molar-refractivity contribution >= 4 is 21.7 Å². The Morgan fingerprint density at radius 2 is 1.79 bits per heavy atom. The number of rotatable bonds is 5. The second kappa shape index (κ2) is 7.31. The largest absolute Gasteiger partial charge is 0.468 e.